The fourth-order valence-electron chi connectivity index (χ4n) is 3.60. The van der Waals surface area contributed by atoms with E-state index in [2.05, 4.69) is 57.4 Å². The highest BCUT2D eigenvalue weighted by Crippen LogP contribution is 2.19. The minimum Gasteiger partial charge on any atom is -0.494 e. The van der Waals surface area contributed by atoms with Crippen LogP contribution in [0.2, 0.25) is 0 Å². The number of amides is 1. The number of nitrogens with zero attached hydrogens (tertiary/aromatic N) is 1. The normalized spacial score (nSPS) is 17.2. The van der Waals surface area contributed by atoms with E-state index in [4.69, 9.17) is 4.74 Å². The molecular weight excluding hydrogens is 416 g/mol. The van der Waals surface area contributed by atoms with Crippen molar-refractivity contribution in [2.45, 2.75) is 38.8 Å². The molecule has 8 nitrogen and oxygen atoms in total. The van der Waals surface area contributed by atoms with Crippen LogP contribution in [-0.4, -0.2) is 41.3 Å². The molecule has 0 atom stereocenters. The van der Waals surface area contributed by atoms with Gasteiger partial charge < -0.3 is 26.0 Å². The zero-order valence-electron chi connectivity index (χ0n) is 19.2. The second kappa shape index (κ2) is 10.4. The SMILES string of the molecule is CC1(C)CCNC(=O)c2ccc(cc2)Nc2cc(n[nH]2)NCc2ccc(cc2)OCCCN1. The first-order valence-corrected chi connectivity index (χ1v) is 11.4. The number of hydrogen-bond donors (Lipinski definition) is 5. The van der Waals surface area contributed by atoms with Crippen LogP contribution >= 0.6 is 0 Å². The topological polar surface area (TPSA) is 103 Å². The summed E-state index contributed by atoms with van der Waals surface area (Å²) in [6.07, 6.45) is 1.73. The molecule has 1 aromatic heterocycles. The second-order valence-electron chi connectivity index (χ2n) is 8.89. The largest absolute Gasteiger partial charge is 0.494 e. The zero-order chi connectivity index (χ0) is 23.1. The van der Waals surface area contributed by atoms with Gasteiger partial charge in [-0.05, 0) is 75.2 Å². The van der Waals surface area contributed by atoms with E-state index in [9.17, 15) is 4.79 Å². The third-order valence-corrected chi connectivity index (χ3v) is 5.63. The van der Waals surface area contributed by atoms with Crippen LogP contribution in [-0.2, 0) is 6.54 Å². The Hall–Kier alpha value is -3.52. The average molecular weight is 449 g/mol. The third kappa shape index (κ3) is 6.73. The number of benzene rings is 2. The van der Waals surface area contributed by atoms with E-state index >= 15 is 0 Å². The summed E-state index contributed by atoms with van der Waals surface area (Å²) in [4.78, 5) is 12.5. The summed E-state index contributed by atoms with van der Waals surface area (Å²) in [5, 5.41) is 20.4. The van der Waals surface area contributed by atoms with E-state index in [1.54, 1.807) is 0 Å². The van der Waals surface area contributed by atoms with Gasteiger partial charge in [-0.2, -0.15) is 5.10 Å². The monoisotopic (exact) mass is 448 g/mol. The zero-order valence-corrected chi connectivity index (χ0v) is 19.2. The number of anilines is 3. The van der Waals surface area contributed by atoms with Gasteiger partial charge in [-0.25, -0.2) is 0 Å². The molecule has 2 aromatic carbocycles. The molecule has 0 aliphatic carbocycles. The van der Waals surface area contributed by atoms with Crippen LogP contribution in [0, 0.1) is 0 Å². The minimum absolute atomic E-state index is 0.0704. The number of hydrogen-bond acceptors (Lipinski definition) is 6. The maximum atomic E-state index is 12.5. The Balaban J connectivity index is 1.45. The fraction of sp³-hybridized carbons (Fsp3) is 0.360. The third-order valence-electron chi connectivity index (χ3n) is 5.63. The van der Waals surface area contributed by atoms with Gasteiger partial charge in [0, 0.05) is 35.9 Å². The molecular formula is C25H32N6O2. The lowest BCUT2D eigenvalue weighted by atomic mass is 10.0. The quantitative estimate of drug-likeness (QED) is 0.356. The molecule has 174 valence electrons. The van der Waals surface area contributed by atoms with Crippen molar-refractivity contribution in [1.82, 2.24) is 20.8 Å². The first kappa shape index (κ1) is 22.7. The molecule has 8 heteroatoms. The van der Waals surface area contributed by atoms with E-state index in [1.807, 2.05) is 42.5 Å². The number of aromatic amines is 1. The van der Waals surface area contributed by atoms with Crippen molar-refractivity contribution in [3.63, 3.8) is 0 Å². The molecule has 4 aliphatic rings. The van der Waals surface area contributed by atoms with E-state index in [0.717, 1.165) is 48.0 Å². The van der Waals surface area contributed by atoms with Crippen molar-refractivity contribution in [2.75, 3.05) is 30.3 Å². The molecule has 0 unspecified atom stereocenters. The first-order valence-electron chi connectivity index (χ1n) is 11.4. The van der Waals surface area contributed by atoms with E-state index in [1.165, 1.54) is 0 Å². The first-order chi connectivity index (χ1) is 16.0. The van der Waals surface area contributed by atoms with Crippen molar-refractivity contribution in [1.29, 1.82) is 0 Å². The van der Waals surface area contributed by atoms with Gasteiger partial charge in [-0.15, -0.1) is 0 Å². The summed E-state index contributed by atoms with van der Waals surface area (Å²) in [7, 11) is 0. The lowest BCUT2D eigenvalue weighted by Crippen LogP contribution is -2.43. The maximum Gasteiger partial charge on any atom is 0.251 e. The van der Waals surface area contributed by atoms with Crippen molar-refractivity contribution in [2.24, 2.45) is 0 Å². The van der Waals surface area contributed by atoms with E-state index in [0.29, 0.717) is 25.3 Å². The molecule has 4 aliphatic heterocycles. The molecule has 7 rings (SSSR count). The standard InChI is InChI=1S/C25H32N6O2/c1-25(2)12-14-26-24(32)19-6-8-20(9-7-19)29-23-16-22(30-31-23)27-17-18-4-10-21(11-5-18)33-15-3-13-28-25/h4-11,16,28H,3,12-15,17H2,1-2H3,(H,26,32)(H3,27,29,30,31). The number of carbonyl (C=O) groups excluding carboxylic acids is 1. The van der Waals surface area contributed by atoms with Crippen LogP contribution in [0.1, 0.15) is 42.6 Å². The molecule has 0 saturated carbocycles. The predicted octanol–water partition coefficient (Wildman–Crippen LogP) is 4.04. The van der Waals surface area contributed by atoms with Crippen LogP contribution in [0.15, 0.2) is 54.6 Å². The summed E-state index contributed by atoms with van der Waals surface area (Å²) in [6, 6.07) is 17.4. The van der Waals surface area contributed by atoms with Crippen LogP contribution in [0.4, 0.5) is 17.3 Å². The molecule has 3 aromatic rings. The van der Waals surface area contributed by atoms with Crippen molar-refractivity contribution < 1.29 is 9.53 Å². The second-order valence-corrected chi connectivity index (χ2v) is 8.89. The van der Waals surface area contributed by atoms with Crippen LogP contribution in [0.5, 0.6) is 5.75 Å². The molecule has 5 N–H and O–H groups in total. The highest BCUT2D eigenvalue weighted by atomic mass is 16.5. The Labute approximate surface area is 194 Å². The Morgan fingerprint density at radius 3 is 2.55 bits per heavy atom. The fourth-order valence-corrected chi connectivity index (χ4v) is 3.60. The van der Waals surface area contributed by atoms with Gasteiger partial charge in [0.2, 0.25) is 0 Å². The highest BCUT2D eigenvalue weighted by molar-refractivity contribution is 5.94. The number of ether oxygens (including phenoxy) is 1. The number of H-pyrrole nitrogens is 1. The lowest BCUT2D eigenvalue weighted by Gasteiger charge is -2.26. The molecule has 0 radical (unpaired) electrons. The number of rotatable bonds is 0. The summed E-state index contributed by atoms with van der Waals surface area (Å²) >= 11 is 0. The Bertz CT molecular complexity index is 1040. The summed E-state index contributed by atoms with van der Waals surface area (Å²) < 4.78 is 5.87. The van der Waals surface area contributed by atoms with Crippen molar-refractivity contribution in [3.05, 3.63) is 65.7 Å². The Morgan fingerprint density at radius 1 is 0.970 bits per heavy atom. The highest BCUT2D eigenvalue weighted by Gasteiger charge is 2.17. The van der Waals surface area contributed by atoms with Gasteiger partial charge in [-0.3, -0.25) is 9.89 Å². The maximum absolute atomic E-state index is 12.5. The van der Waals surface area contributed by atoms with Crippen molar-refractivity contribution in [3.8, 4) is 5.75 Å². The van der Waals surface area contributed by atoms with Crippen LogP contribution in [0.3, 0.4) is 0 Å². The summed E-state index contributed by atoms with van der Waals surface area (Å²) in [5.74, 6) is 2.31. The number of carbonyl (C=O) groups is 1. The van der Waals surface area contributed by atoms with Gasteiger partial charge in [0.1, 0.15) is 17.4 Å². The van der Waals surface area contributed by atoms with Gasteiger partial charge in [-0.1, -0.05) is 12.1 Å². The van der Waals surface area contributed by atoms with Crippen LogP contribution in [0.25, 0.3) is 0 Å². The average Bonchev–Trinajstić information content (AvgIpc) is 3.25. The Morgan fingerprint density at radius 2 is 1.76 bits per heavy atom. The molecule has 0 fully saturated rings. The van der Waals surface area contributed by atoms with E-state index < -0.39 is 0 Å². The summed E-state index contributed by atoms with van der Waals surface area (Å²) in [6.45, 7) is 7.06. The van der Waals surface area contributed by atoms with Gasteiger partial charge in [0.15, 0.2) is 0 Å². The number of aromatic nitrogens is 2. The molecule has 0 saturated heterocycles. The van der Waals surface area contributed by atoms with Gasteiger partial charge in [0.05, 0.1) is 6.61 Å². The van der Waals surface area contributed by atoms with Crippen molar-refractivity contribution >= 4 is 23.2 Å². The smallest absolute Gasteiger partial charge is 0.251 e. The minimum atomic E-state index is -0.0770. The molecule has 33 heavy (non-hydrogen) atoms. The predicted molar refractivity (Wildman–Crippen MR) is 131 cm³/mol. The Kier molecular flexibility index (Phi) is 7.14. The lowest BCUT2D eigenvalue weighted by molar-refractivity contribution is 0.0950. The van der Waals surface area contributed by atoms with E-state index in [-0.39, 0.29) is 11.4 Å². The summed E-state index contributed by atoms with van der Waals surface area (Å²) in [5.41, 5.74) is 2.58. The van der Waals surface area contributed by atoms with Gasteiger partial charge >= 0.3 is 0 Å². The van der Waals surface area contributed by atoms with Gasteiger partial charge in [0.25, 0.3) is 5.91 Å². The molecule has 0 spiro atoms. The molecule has 6 bridgehead atoms. The van der Waals surface area contributed by atoms with Crippen LogP contribution < -0.4 is 26.0 Å². The molecule has 1 amide bonds. The molecule has 5 heterocycles. The number of nitrogens with one attached hydrogen (secondary N) is 5.